The van der Waals surface area contributed by atoms with E-state index in [1.54, 1.807) is 6.07 Å². The van der Waals surface area contributed by atoms with Crippen molar-refractivity contribution in [3.63, 3.8) is 0 Å². The highest BCUT2D eigenvalue weighted by Gasteiger charge is 2.09. The first-order valence-corrected chi connectivity index (χ1v) is 6.17. The summed E-state index contributed by atoms with van der Waals surface area (Å²) in [6.45, 7) is 2.48. The van der Waals surface area contributed by atoms with E-state index in [4.69, 9.17) is 21.6 Å². The summed E-state index contributed by atoms with van der Waals surface area (Å²) in [6, 6.07) is 11.1. The molecule has 2 aromatic rings. The number of rotatable bonds is 4. The minimum atomic E-state index is 0.302. The molecule has 0 saturated heterocycles. The van der Waals surface area contributed by atoms with Crippen LogP contribution in [0.5, 0.6) is 5.75 Å². The molecule has 4 nitrogen and oxygen atoms in total. The van der Waals surface area contributed by atoms with Crippen LogP contribution < -0.4 is 10.1 Å². The summed E-state index contributed by atoms with van der Waals surface area (Å²) < 4.78 is 5.51. The maximum Gasteiger partial charge on any atom is 0.150 e. The van der Waals surface area contributed by atoms with Gasteiger partial charge in [-0.25, -0.2) is 4.98 Å². The molecule has 19 heavy (non-hydrogen) atoms. The number of pyridine rings is 1. The van der Waals surface area contributed by atoms with E-state index < -0.39 is 0 Å². The zero-order chi connectivity index (χ0) is 13.7. The van der Waals surface area contributed by atoms with Crippen molar-refractivity contribution in [2.75, 3.05) is 11.9 Å². The van der Waals surface area contributed by atoms with Crippen molar-refractivity contribution in [3.05, 3.63) is 47.1 Å². The monoisotopic (exact) mass is 273 g/mol. The van der Waals surface area contributed by atoms with Crippen LogP contribution in [-0.4, -0.2) is 11.6 Å². The van der Waals surface area contributed by atoms with Crippen LogP contribution >= 0.6 is 11.6 Å². The Morgan fingerprint density at radius 1 is 1.37 bits per heavy atom. The van der Waals surface area contributed by atoms with Crippen LogP contribution in [0.2, 0.25) is 5.02 Å². The van der Waals surface area contributed by atoms with Gasteiger partial charge in [0.25, 0.3) is 0 Å². The largest absolute Gasteiger partial charge is 0.492 e. The van der Waals surface area contributed by atoms with Crippen LogP contribution in [0.15, 0.2) is 36.5 Å². The van der Waals surface area contributed by atoms with Crippen LogP contribution in [0, 0.1) is 11.3 Å². The van der Waals surface area contributed by atoms with Crippen molar-refractivity contribution in [2.24, 2.45) is 0 Å². The lowest BCUT2D eigenvalue weighted by Gasteiger charge is -2.12. The third-order valence-electron chi connectivity index (χ3n) is 2.45. The highest BCUT2D eigenvalue weighted by molar-refractivity contribution is 6.34. The molecule has 0 amide bonds. The van der Waals surface area contributed by atoms with E-state index in [0.29, 0.717) is 28.8 Å². The fourth-order valence-electron chi connectivity index (χ4n) is 1.60. The number of hydrogen-bond donors (Lipinski definition) is 1. The van der Waals surface area contributed by atoms with E-state index in [0.717, 1.165) is 5.69 Å². The van der Waals surface area contributed by atoms with Crippen molar-refractivity contribution < 1.29 is 4.74 Å². The number of nitriles is 1. The van der Waals surface area contributed by atoms with Crippen LogP contribution in [-0.2, 0) is 0 Å². The number of benzene rings is 1. The van der Waals surface area contributed by atoms with Crippen molar-refractivity contribution in [1.82, 2.24) is 4.98 Å². The lowest BCUT2D eigenvalue weighted by molar-refractivity contribution is 0.342. The molecule has 1 N–H and O–H groups in total. The second-order valence-corrected chi connectivity index (χ2v) is 4.07. The van der Waals surface area contributed by atoms with Crippen LogP contribution in [0.4, 0.5) is 11.5 Å². The summed E-state index contributed by atoms with van der Waals surface area (Å²) in [7, 11) is 0. The number of para-hydroxylation sites is 2. The van der Waals surface area contributed by atoms with Gasteiger partial charge in [-0.3, -0.25) is 0 Å². The Morgan fingerprint density at radius 2 is 2.16 bits per heavy atom. The summed E-state index contributed by atoms with van der Waals surface area (Å²) in [5, 5.41) is 12.3. The third kappa shape index (κ3) is 2.95. The quantitative estimate of drug-likeness (QED) is 0.922. The Bertz CT molecular complexity index is 622. The van der Waals surface area contributed by atoms with Crippen LogP contribution in [0.25, 0.3) is 0 Å². The standard InChI is InChI=1S/C14H12ClN3O/c1-2-19-12-6-4-3-5-11(12)18-14-13(15)10(9-16)7-8-17-14/h3-8H,2H2,1H3,(H,17,18). The molecule has 1 aromatic carbocycles. The number of anilines is 2. The van der Waals surface area contributed by atoms with Gasteiger partial charge in [-0.1, -0.05) is 23.7 Å². The molecule has 0 aliphatic carbocycles. The topological polar surface area (TPSA) is 57.9 Å². The summed E-state index contributed by atoms with van der Waals surface area (Å²) >= 11 is 6.10. The van der Waals surface area contributed by atoms with Gasteiger partial charge >= 0.3 is 0 Å². The Balaban J connectivity index is 2.34. The minimum absolute atomic E-state index is 0.302. The van der Waals surface area contributed by atoms with E-state index in [9.17, 15) is 0 Å². The molecule has 2 rings (SSSR count). The van der Waals surface area contributed by atoms with Gasteiger partial charge in [-0.2, -0.15) is 5.26 Å². The molecule has 0 aliphatic rings. The number of hydrogen-bond acceptors (Lipinski definition) is 4. The number of nitrogens with zero attached hydrogens (tertiary/aromatic N) is 2. The van der Waals surface area contributed by atoms with Gasteiger partial charge in [0, 0.05) is 6.20 Å². The molecule has 0 fully saturated rings. The third-order valence-corrected chi connectivity index (χ3v) is 2.83. The average Bonchev–Trinajstić information content (AvgIpc) is 2.43. The first kappa shape index (κ1) is 13.2. The first-order chi connectivity index (χ1) is 9.26. The van der Waals surface area contributed by atoms with E-state index in [2.05, 4.69) is 10.3 Å². The first-order valence-electron chi connectivity index (χ1n) is 5.79. The second kappa shape index (κ2) is 6.07. The molecule has 0 aliphatic heterocycles. The van der Waals surface area contributed by atoms with Crippen molar-refractivity contribution >= 4 is 23.1 Å². The van der Waals surface area contributed by atoms with Gasteiger partial charge in [0.05, 0.1) is 17.9 Å². The molecule has 96 valence electrons. The Labute approximate surface area is 116 Å². The highest BCUT2D eigenvalue weighted by Crippen LogP contribution is 2.30. The highest BCUT2D eigenvalue weighted by atomic mass is 35.5. The predicted molar refractivity (Wildman–Crippen MR) is 74.9 cm³/mol. The van der Waals surface area contributed by atoms with Gasteiger partial charge in [0.1, 0.15) is 16.8 Å². The molecule has 0 bridgehead atoms. The van der Waals surface area contributed by atoms with E-state index >= 15 is 0 Å². The fraction of sp³-hybridized carbons (Fsp3) is 0.143. The molecule has 0 atom stereocenters. The predicted octanol–water partition coefficient (Wildman–Crippen LogP) is 3.75. The van der Waals surface area contributed by atoms with Crippen molar-refractivity contribution in [1.29, 1.82) is 5.26 Å². The van der Waals surface area contributed by atoms with E-state index in [1.807, 2.05) is 37.3 Å². The molecule has 0 unspecified atom stereocenters. The van der Waals surface area contributed by atoms with Gasteiger partial charge in [0.2, 0.25) is 0 Å². The van der Waals surface area contributed by atoms with Crippen LogP contribution in [0.3, 0.4) is 0 Å². The normalized spacial score (nSPS) is 9.74. The molecule has 0 saturated carbocycles. The smallest absolute Gasteiger partial charge is 0.150 e. The minimum Gasteiger partial charge on any atom is -0.492 e. The Hall–Kier alpha value is -2.25. The summed E-state index contributed by atoms with van der Waals surface area (Å²) in [5.74, 6) is 1.15. The number of ether oxygens (including phenoxy) is 1. The molecular formula is C14H12ClN3O. The lowest BCUT2D eigenvalue weighted by atomic mass is 10.2. The summed E-state index contributed by atoms with van der Waals surface area (Å²) in [4.78, 5) is 4.13. The molecule has 1 aromatic heterocycles. The maximum absolute atomic E-state index is 8.93. The molecule has 5 heteroatoms. The summed E-state index contributed by atoms with van der Waals surface area (Å²) in [5.41, 5.74) is 1.14. The SMILES string of the molecule is CCOc1ccccc1Nc1nccc(C#N)c1Cl. The summed E-state index contributed by atoms with van der Waals surface area (Å²) in [6.07, 6.45) is 1.54. The average molecular weight is 274 g/mol. The maximum atomic E-state index is 8.93. The van der Waals surface area contributed by atoms with Gasteiger partial charge < -0.3 is 10.1 Å². The van der Waals surface area contributed by atoms with Gasteiger partial charge in [0.15, 0.2) is 5.82 Å². The lowest BCUT2D eigenvalue weighted by Crippen LogP contribution is -2.00. The fourth-order valence-corrected chi connectivity index (χ4v) is 1.80. The number of aromatic nitrogens is 1. The van der Waals surface area contributed by atoms with E-state index in [1.165, 1.54) is 6.20 Å². The zero-order valence-electron chi connectivity index (χ0n) is 10.4. The van der Waals surface area contributed by atoms with Crippen molar-refractivity contribution in [2.45, 2.75) is 6.92 Å². The number of nitrogens with one attached hydrogen (secondary N) is 1. The molecule has 0 radical (unpaired) electrons. The second-order valence-electron chi connectivity index (χ2n) is 3.69. The van der Waals surface area contributed by atoms with Crippen LogP contribution in [0.1, 0.15) is 12.5 Å². The molecule has 0 spiro atoms. The van der Waals surface area contributed by atoms with Crippen molar-refractivity contribution in [3.8, 4) is 11.8 Å². The zero-order valence-corrected chi connectivity index (χ0v) is 11.1. The van der Waals surface area contributed by atoms with Gasteiger partial charge in [-0.05, 0) is 25.1 Å². The Morgan fingerprint density at radius 3 is 2.89 bits per heavy atom. The molecular weight excluding hydrogens is 262 g/mol. The Kier molecular flexibility index (Phi) is 4.22. The van der Waals surface area contributed by atoms with Gasteiger partial charge in [-0.15, -0.1) is 0 Å². The number of halogens is 1. The van der Waals surface area contributed by atoms with E-state index in [-0.39, 0.29) is 0 Å². The molecule has 1 heterocycles.